The van der Waals surface area contributed by atoms with Gasteiger partial charge in [-0.25, -0.2) is 4.79 Å². The van der Waals surface area contributed by atoms with Crippen molar-refractivity contribution in [1.29, 1.82) is 0 Å². The van der Waals surface area contributed by atoms with E-state index >= 15 is 0 Å². The van der Waals surface area contributed by atoms with Crippen LogP contribution in [0.2, 0.25) is 0 Å². The first-order chi connectivity index (χ1) is 10.0. The Labute approximate surface area is 126 Å². The van der Waals surface area contributed by atoms with Crippen LogP contribution in [-0.4, -0.2) is 49.8 Å². The summed E-state index contributed by atoms with van der Waals surface area (Å²) in [5.74, 6) is -0.209. The van der Waals surface area contributed by atoms with Gasteiger partial charge in [-0.3, -0.25) is 10.1 Å². The van der Waals surface area contributed by atoms with E-state index in [0.29, 0.717) is 6.54 Å². The predicted octanol–water partition coefficient (Wildman–Crippen LogP) is -0.163. The van der Waals surface area contributed by atoms with E-state index in [1.807, 2.05) is 13.8 Å². The van der Waals surface area contributed by atoms with E-state index in [1.54, 1.807) is 0 Å². The van der Waals surface area contributed by atoms with E-state index < -0.39 is 0 Å². The highest BCUT2D eigenvalue weighted by molar-refractivity contribution is 5.94. The number of morpholine rings is 1. The van der Waals surface area contributed by atoms with Gasteiger partial charge in [0.25, 0.3) is 5.91 Å². The number of amides is 3. The Balaban J connectivity index is 1.69. The molecule has 1 aliphatic carbocycles. The lowest BCUT2D eigenvalue weighted by Crippen LogP contribution is -3.16. The molecule has 21 heavy (non-hydrogen) atoms. The van der Waals surface area contributed by atoms with Crippen molar-refractivity contribution in [1.82, 2.24) is 10.6 Å². The predicted molar refractivity (Wildman–Crippen MR) is 79.1 cm³/mol. The maximum Gasteiger partial charge on any atom is 0.321 e. The van der Waals surface area contributed by atoms with Crippen molar-refractivity contribution in [3.63, 3.8) is 0 Å². The molecule has 0 spiro atoms. The summed E-state index contributed by atoms with van der Waals surface area (Å²) in [4.78, 5) is 24.9. The third-order valence-corrected chi connectivity index (χ3v) is 4.22. The number of quaternary nitrogens is 1. The van der Waals surface area contributed by atoms with Crippen molar-refractivity contribution >= 4 is 11.9 Å². The fourth-order valence-electron chi connectivity index (χ4n) is 3.40. The van der Waals surface area contributed by atoms with E-state index in [2.05, 4.69) is 10.6 Å². The van der Waals surface area contributed by atoms with Crippen LogP contribution in [0.25, 0.3) is 0 Å². The maximum atomic E-state index is 11.9. The second-order valence-corrected chi connectivity index (χ2v) is 6.45. The molecule has 3 N–H and O–H groups in total. The van der Waals surface area contributed by atoms with E-state index in [0.717, 1.165) is 38.8 Å². The van der Waals surface area contributed by atoms with Crippen molar-refractivity contribution in [2.75, 3.05) is 19.6 Å². The summed E-state index contributed by atoms with van der Waals surface area (Å²) < 4.78 is 5.65. The normalized spacial score (nSPS) is 30.7. The van der Waals surface area contributed by atoms with Crippen molar-refractivity contribution in [2.24, 2.45) is 0 Å². The number of imide groups is 1. The van der Waals surface area contributed by atoms with Crippen LogP contribution in [0.1, 0.15) is 46.0 Å². The Morgan fingerprint density at radius 1 is 1.10 bits per heavy atom. The van der Waals surface area contributed by atoms with Crippen LogP contribution in [-0.2, 0) is 9.53 Å². The number of hydrogen-bond donors (Lipinski definition) is 3. The van der Waals surface area contributed by atoms with Gasteiger partial charge in [-0.1, -0.05) is 19.3 Å². The first-order valence-corrected chi connectivity index (χ1v) is 8.12. The first kappa shape index (κ1) is 16.2. The number of rotatable bonds is 3. The Bertz CT molecular complexity index is 359. The van der Waals surface area contributed by atoms with Gasteiger partial charge in [0.15, 0.2) is 6.54 Å². The van der Waals surface area contributed by atoms with Gasteiger partial charge >= 0.3 is 6.03 Å². The Kier molecular flexibility index (Phi) is 5.99. The molecule has 120 valence electrons. The SMILES string of the molecule is C[C@@H]1C[NH+](CC(=O)NC(=O)NC2CCCCC2)C[C@H](C)O1. The molecule has 3 atom stereocenters. The molecule has 0 aromatic rings. The van der Waals surface area contributed by atoms with Crippen LogP contribution < -0.4 is 15.5 Å². The zero-order valence-electron chi connectivity index (χ0n) is 13.1. The minimum Gasteiger partial charge on any atom is -0.364 e. The Morgan fingerprint density at radius 2 is 1.71 bits per heavy atom. The molecular weight excluding hydrogens is 270 g/mol. The molecule has 1 unspecified atom stereocenters. The van der Waals surface area contributed by atoms with Crippen LogP contribution in [0.15, 0.2) is 0 Å². The summed E-state index contributed by atoms with van der Waals surface area (Å²) >= 11 is 0. The van der Waals surface area contributed by atoms with Gasteiger partial charge in [0.1, 0.15) is 25.3 Å². The Hall–Kier alpha value is -1.14. The van der Waals surface area contributed by atoms with Crippen LogP contribution in [0.3, 0.4) is 0 Å². The molecule has 6 nitrogen and oxygen atoms in total. The maximum absolute atomic E-state index is 11.9. The zero-order chi connectivity index (χ0) is 15.2. The van der Waals surface area contributed by atoms with Crippen LogP contribution in [0, 0.1) is 0 Å². The largest absolute Gasteiger partial charge is 0.364 e. The molecule has 0 radical (unpaired) electrons. The van der Waals surface area contributed by atoms with Crippen molar-refractivity contribution in [3.05, 3.63) is 0 Å². The number of urea groups is 1. The third-order valence-electron chi connectivity index (χ3n) is 4.22. The molecular formula is C15H28N3O3+. The third kappa shape index (κ3) is 5.63. The smallest absolute Gasteiger partial charge is 0.321 e. The van der Waals surface area contributed by atoms with Crippen LogP contribution in [0.5, 0.6) is 0 Å². The molecule has 0 aromatic heterocycles. The van der Waals surface area contributed by atoms with Crippen molar-refractivity contribution in [3.8, 4) is 0 Å². The fraction of sp³-hybridized carbons (Fsp3) is 0.867. The van der Waals surface area contributed by atoms with Gasteiger partial charge in [-0.05, 0) is 26.7 Å². The van der Waals surface area contributed by atoms with E-state index in [4.69, 9.17) is 4.74 Å². The summed E-state index contributed by atoms with van der Waals surface area (Å²) in [5, 5.41) is 5.35. The summed E-state index contributed by atoms with van der Waals surface area (Å²) in [5.41, 5.74) is 0. The average Bonchev–Trinajstić information content (AvgIpc) is 2.37. The number of hydrogen-bond acceptors (Lipinski definition) is 3. The number of ether oxygens (including phenoxy) is 1. The van der Waals surface area contributed by atoms with Gasteiger partial charge < -0.3 is 15.0 Å². The standard InChI is InChI=1S/C15H27N3O3/c1-11-8-18(9-12(2)21-11)10-14(19)17-15(20)16-13-6-4-3-5-7-13/h11-13H,3-10H2,1-2H3,(H2,16,17,19,20)/p+1/t11-,12+. The molecule has 0 aromatic carbocycles. The van der Waals surface area contributed by atoms with Crippen molar-refractivity contribution in [2.45, 2.75) is 64.2 Å². The summed E-state index contributed by atoms with van der Waals surface area (Å²) in [6.07, 6.45) is 5.92. The molecule has 3 amide bonds. The lowest BCUT2D eigenvalue weighted by molar-refractivity contribution is -0.907. The zero-order valence-corrected chi connectivity index (χ0v) is 13.1. The number of nitrogens with one attached hydrogen (secondary N) is 3. The molecule has 1 saturated heterocycles. The fourth-order valence-corrected chi connectivity index (χ4v) is 3.40. The van der Waals surface area contributed by atoms with Gasteiger partial charge in [0, 0.05) is 6.04 Å². The molecule has 2 fully saturated rings. The van der Waals surface area contributed by atoms with E-state index in [-0.39, 0.29) is 30.2 Å². The summed E-state index contributed by atoms with van der Waals surface area (Å²) in [6, 6.07) is -0.122. The van der Waals surface area contributed by atoms with Crippen molar-refractivity contribution < 1.29 is 19.2 Å². The second kappa shape index (κ2) is 7.75. The van der Waals surface area contributed by atoms with Gasteiger partial charge in [0.2, 0.25) is 0 Å². The molecule has 1 saturated carbocycles. The molecule has 2 aliphatic rings. The first-order valence-electron chi connectivity index (χ1n) is 8.12. The highest BCUT2D eigenvalue weighted by Crippen LogP contribution is 2.17. The average molecular weight is 298 g/mol. The topological polar surface area (TPSA) is 71.9 Å². The number of carbonyl (C=O) groups excluding carboxylic acids is 2. The lowest BCUT2D eigenvalue weighted by Gasteiger charge is -2.31. The highest BCUT2D eigenvalue weighted by atomic mass is 16.5. The Morgan fingerprint density at radius 3 is 2.33 bits per heavy atom. The minimum absolute atomic E-state index is 0.160. The van der Waals surface area contributed by atoms with Crippen LogP contribution >= 0.6 is 0 Å². The highest BCUT2D eigenvalue weighted by Gasteiger charge is 2.27. The number of carbonyl (C=O) groups is 2. The van der Waals surface area contributed by atoms with E-state index in [9.17, 15) is 9.59 Å². The summed E-state index contributed by atoms with van der Waals surface area (Å²) in [6.45, 7) is 5.98. The monoisotopic (exact) mass is 298 g/mol. The van der Waals surface area contributed by atoms with Crippen LogP contribution in [0.4, 0.5) is 4.79 Å². The minimum atomic E-state index is -0.347. The quantitative estimate of drug-likeness (QED) is 0.678. The summed E-state index contributed by atoms with van der Waals surface area (Å²) in [7, 11) is 0. The molecule has 1 heterocycles. The molecule has 1 aliphatic heterocycles. The lowest BCUT2D eigenvalue weighted by atomic mass is 9.96. The van der Waals surface area contributed by atoms with E-state index in [1.165, 1.54) is 11.3 Å². The van der Waals surface area contributed by atoms with Gasteiger partial charge in [0.05, 0.1) is 0 Å². The molecule has 0 bridgehead atoms. The molecule has 6 heteroatoms. The van der Waals surface area contributed by atoms with Gasteiger partial charge in [-0.2, -0.15) is 0 Å². The second-order valence-electron chi connectivity index (χ2n) is 6.45. The molecule has 2 rings (SSSR count). The van der Waals surface area contributed by atoms with Gasteiger partial charge in [-0.15, -0.1) is 0 Å².